The number of aliphatic carboxylic acids is 1. The van der Waals surface area contributed by atoms with Crippen molar-refractivity contribution in [3.63, 3.8) is 0 Å². The van der Waals surface area contributed by atoms with Crippen molar-refractivity contribution in [3.8, 4) is 5.75 Å². The molecule has 0 aromatic heterocycles. The fourth-order valence-electron chi connectivity index (χ4n) is 2.95. The highest BCUT2D eigenvalue weighted by atomic mass is 16.5. The van der Waals surface area contributed by atoms with Crippen molar-refractivity contribution < 1.29 is 29.3 Å². The molecular formula is C23H28N2O6. The third-order valence-electron chi connectivity index (χ3n) is 4.52. The molecule has 0 saturated heterocycles. The van der Waals surface area contributed by atoms with Crippen molar-refractivity contribution in [2.75, 3.05) is 0 Å². The average molecular weight is 428 g/mol. The van der Waals surface area contributed by atoms with Gasteiger partial charge in [0, 0.05) is 6.42 Å². The summed E-state index contributed by atoms with van der Waals surface area (Å²) in [5.74, 6) is -1.66. The molecule has 4 N–H and O–H groups in total. The van der Waals surface area contributed by atoms with Crippen LogP contribution in [0, 0.1) is 5.92 Å². The number of nitrogens with one attached hydrogen (secondary N) is 2. The normalized spacial score (nSPS) is 12.6. The van der Waals surface area contributed by atoms with Crippen LogP contribution in [0.4, 0.5) is 4.79 Å². The summed E-state index contributed by atoms with van der Waals surface area (Å²) in [6.45, 7) is 3.84. The van der Waals surface area contributed by atoms with Crippen molar-refractivity contribution in [2.45, 2.75) is 45.4 Å². The Balaban J connectivity index is 1.99. The van der Waals surface area contributed by atoms with E-state index in [1.54, 1.807) is 12.1 Å². The Morgan fingerprint density at radius 1 is 0.903 bits per heavy atom. The standard InChI is InChI=1S/C23H28N2O6/c1-15(2)12-19(25-23(30)31-14-17-6-4-3-5-7-17)21(27)24-20(22(28)29)13-16-8-10-18(26)11-9-16/h3-11,15,19-20,26H,12-14H2,1-2H3,(H,24,27)(H,25,30)(H,28,29)/t19-,20+/m0/s1. The third-order valence-corrected chi connectivity index (χ3v) is 4.52. The summed E-state index contributed by atoms with van der Waals surface area (Å²) in [5, 5.41) is 23.9. The molecule has 31 heavy (non-hydrogen) atoms. The molecule has 2 aromatic carbocycles. The summed E-state index contributed by atoms with van der Waals surface area (Å²) in [7, 11) is 0. The molecule has 0 heterocycles. The highest BCUT2D eigenvalue weighted by Crippen LogP contribution is 2.12. The van der Waals surface area contributed by atoms with E-state index < -0.39 is 30.1 Å². The lowest BCUT2D eigenvalue weighted by molar-refractivity contribution is -0.142. The quantitative estimate of drug-likeness (QED) is 0.461. The number of carbonyl (C=O) groups is 3. The Hall–Kier alpha value is -3.55. The number of phenolic OH excluding ortho intramolecular Hbond substituents is 1. The van der Waals surface area contributed by atoms with Crippen LogP contribution in [-0.2, 0) is 27.4 Å². The molecule has 0 aliphatic heterocycles. The lowest BCUT2D eigenvalue weighted by Crippen LogP contribution is -2.52. The van der Waals surface area contributed by atoms with Crippen molar-refractivity contribution in [1.82, 2.24) is 10.6 Å². The molecule has 0 fully saturated rings. The Morgan fingerprint density at radius 3 is 2.13 bits per heavy atom. The molecule has 2 atom stereocenters. The van der Waals surface area contributed by atoms with Gasteiger partial charge in [-0.25, -0.2) is 9.59 Å². The number of carboxylic acids is 1. The van der Waals surface area contributed by atoms with Gasteiger partial charge in [-0.2, -0.15) is 0 Å². The van der Waals surface area contributed by atoms with Gasteiger partial charge in [-0.3, -0.25) is 4.79 Å². The van der Waals surface area contributed by atoms with Crippen molar-refractivity contribution in [3.05, 3.63) is 65.7 Å². The number of benzene rings is 2. The first-order chi connectivity index (χ1) is 14.7. The van der Waals surface area contributed by atoms with Crippen molar-refractivity contribution in [2.24, 2.45) is 5.92 Å². The molecule has 0 bridgehead atoms. The van der Waals surface area contributed by atoms with E-state index in [2.05, 4.69) is 10.6 Å². The molecule has 0 aliphatic carbocycles. The van der Waals surface area contributed by atoms with Gasteiger partial charge in [0.05, 0.1) is 0 Å². The number of ether oxygens (including phenoxy) is 1. The number of amides is 2. The predicted molar refractivity (Wildman–Crippen MR) is 114 cm³/mol. The Bertz CT molecular complexity index is 867. The van der Waals surface area contributed by atoms with E-state index in [0.29, 0.717) is 12.0 Å². The van der Waals surface area contributed by atoms with Gasteiger partial charge < -0.3 is 25.6 Å². The van der Waals surface area contributed by atoms with E-state index in [0.717, 1.165) is 5.56 Å². The lowest BCUT2D eigenvalue weighted by Gasteiger charge is -2.22. The maximum atomic E-state index is 12.8. The van der Waals surface area contributed by atoms with Crippen LogP contribution in [0.3, 0.4) is 0 Å². The maximum absolute atomic E-state index is 12.8. The SMILES string of the molecule is CC(C)C[C@H](NC(=O)OCc1ccccc1)C(=O)N[C@H](Cc1ccc(O)cc1)C(=O)O. The first kappa shape index (κ1) is 23.7. The van der Waals surface area contributed by atoms with Crippen molar-refractivity contribution >= 4 is 18.0 Å². The van der Waals surface area contributed by atoms with E-state index in [1.165, 1.54) is 12.1 Å². The van der Waals surface area contributed by atoms with Crippen LogP contribution < -0.4 is 10.6 Å². The number of hydrogen-bond acceptors (Lipinski definition) is 5. The number of hydrogen-bond donors (Lipinski definition) is 4. The molecule has 0 saturated carbocycles. The fourth-order valence-corrected chi connectivity index (χ4v) is 2.95. The lowest BCUT2D eigenvalue weighted by atomic mass is 10.0. The zero-order valence-corrected chi connectivity index (χ0v) is 17.6. The highest BCUT2D eigenvalue weighted by Gasteiger charge is 2.27. The van der Waals surface area contributed by atoms with Crippen molar-refractivity contribution in [1.29, 1.82) is 0 Å². The second-order valence-corrected chi connectivity index (χ2v) is 7.66. The monoisotopic (exact) mass is 428 g/mol. The second kappa shape index (κ2) is 11.6. The molecule has 8 nitrogen and oxygen atoms in total. The van der Waals surface area contributed by atoms with Crippen LogP contribution >= 0.6 is 0 Å². The van der Waals surface area contributed by atoms with Crippen LogP contribution in [0.25, 0.3) is 0 Å². The van der Waals surface area contributed by atoms with E-state index >= 15 is 0 Å². The van der Waals surface area contributed by atoms with Gasteiger partial charge in [-0.15, -0.1) is 0 Å². The molecule has 0 spiro atoms. The number of carboxylic acid groups (broad SMARTS) is 1. The van der Waals surface area contributed by atoms with E-state index in [9.17, 15) is 24.6 Å². The van der Waals surface area contributed by atoms with E-state index in [-0.39, 0.29) is 24.7 Å². The molecule has 166 valence electrons. The first-order valence-electron chi connectivity index (χ1n) is 10.0. The Labute approximate surface area is 181 Å². The summed E-state index contributed by atoms with van der Waals surface area (Å²) in [6, 6.07) is 13.1. The summed E-state index contributed by atoms with van der Waals surface area (Å²) in [4.78, 5) is 36.6. The zero-order chi connectivity index (χ0) is 22.8. The van der Waals surface area contributed by atoms with Gasteiger partial charge in [0.2, 0.25) is 5.91 Å². The van der Waals surface area contributed by atoms with Crippen LogP contribution in [0.2, 0.25) is 0 Å². The fraction of sp³-hybridized carbons (Fsp3) is 0.348. The third kappa shape index (κ3) is 8.38. The highest BCUT2D eigenvalue weighted by molar-refractivity contribution is 5.89. The number of phenols is 1. The smallest absolute Gasteiger partial charge is 0.408 e. The predicted octanol–water partition coefficient (Wildman–Crippen LogP) is 2.85. The summed E-state index contributed by atoms with van der Waals surface area (Å²) in [6.07, 6.45) is -0.401. The number of rotatable bonds is 10. The zero-order valence-electron chi connectivity index (χ0n) is 17.6. The minimum atomic E-state index is -1.20. The van der Waals surface area contributed by atoms with E-state index in [4.69, 9.17) is 4.74 Å². The molecule has 0 aliphatic rings. The summed E-state index contributed by atoms with van der Waals surface area (Å²) >= 11 is 0. The molecule has 2 rings (SSSR count). The number of aromatic hydroxyl groups is 1. The van der Waals surface area contributed by atoms with Gasteiger partial charge in [0.1, 0.15) is 24.4 Å². The van der Waals surface area contributed by atoms with Crippen LogP contribution in [0.1, 0.15) is 31.4 Å². The first-order valence-corrected chi connectivity index (χ1v) is 10.0. The van der Waals surface area contributed by atoms with Gasteiger partial charge >= 0.3 is 12.1 Å². The van der Waals surface area contributed by atoms with Gasteiger partial charge in [0.25, 0.3) is 0 Å². The number of carbonyl (C=O) groups excluding carboxylic acids is 2. The summed E-state index contributed by atoms with van der Waals surface area (Å²) < 4.78 is 5.18. The molecule has 0 radical (unpaired) electrons. The maximum Gasteiger partial charge on any atom is 0.408 e. The van der Waals surface area contributed by atoms with Crippen LogP contribution in [0.15, 0.2) is 54.6 Å². The Morgan fingerprint density at radius 2 is 1.55 bits per heavy atom. The van der Waals surface area contributed by atoms with Crippen LogP contribution in [0.5, 0.6) is 5.75 Å². The molecule has 0 unspecified atom stereocenters. The average Bonchev–Trinajstić information content (AvgIpc) is 2.73. The molecule has 2 amide bonds. The van der Waals surface area contributed by atoms with Gasteiger partial charge in [-0.05, 0) is 35.6 Å². The molecular weight excluding hydrogens is 400 g/mol. The summed E-state index contributed by atoms with van der Waals surface area (Å²) in [5.41, 5.74) is 1.45. The van der Waals surface area contributed by atoms with Gasteiger partial charge in [0.15, 0.2) is 0 Å². The van der Waals surface area contributed by atoms with E-state index in [1.807, 2.05) is 44.2 Å². The second-order valence-electron chi connectivity index (χ2n) is 7.66. The van der Waals surface area contributed by atoms with Gasteiger partial charge in [-0.1, -0.05) is 56.3 Å². The minimum absolute atomic E-state index is 0.0359. The topological polar surface area (TPSA) is 125 Å². The molecule has 8 heteroatoms. The van der Waals surface area contributed by atoms with Crippen LogP contribution in [-0.4, -0.2) is 40.3 Å². The Kier molecular flexibility index (Phi) is 8.87. The largest absolute Gasteiger partial charge is 0.508 e. The minimum Gasteiger partial charge on any atom is -0.508 e. The molecule has 2 aromatic rings. The number of alkyl carbamates (subject to hydrolysis) is 1.